The van der Waals surface area contributed by atoms with Gasteiger partial charge >= 0.3 is 0 Å². The molecule has 0 unspecified atom stereocenters. The molecule has 0 aromatic carbocycles. The summed E-state index contributed by atoms with van der Waals surface area (Å²) >= 11 is 5.72. The van der Waals surface area contributed by atoms with E-state index in [4.69, 9.17) is 16.3 Å². The molecule has 1 aromatic rings. The lowest BCUT2D eigenvalue weighted by molar-refractivity contribution is -0.0156. The molecule has 3 nitrogen and oxygen atoms in total. The molecule has 14 heavy (non-hydrogen) atoms. The van der Waals surface area contributed by atoms with Gasteiger partial charge in [0.1, 0.15) is 11.4 Å². The van der Waals surface area contributed by atoms with Crippen molar-refractivity contribution in [2.24, 2.45) is 0 Å². The van der Waals surface area contributed by atoms with Crippen LogP contribution < -0.4 is 0 Å². The Hall–Kier alpha value is -0.540. The van der Waals surface area contributed by atoms with Gasteiger partial charge in [0.15, 0.2) is 0 Å². The van der Waals surface area contributed by atoms with E-state index in [0.29, 0.717) is 5.88 Å². The number of nitrogens with one attached hydrogen (secondary N) is 1. The van der Waals surface area contributed by atoms with Gasteiger partial charge in [-0.3, -0.25) is 0 Å². The molecule has 1 aliphatic carbocycles. The maximum Gasteiger partial charge on any atom is 0.138 e. The summed E-state index contributed by atoms with van der Waals surface area (Å²) < 4.78 is 5.61. The third kappa shape index (κ3) is 1.55. The Morgan fingerprint density at radius 1 is 1.57 bits per heavy atom. The van der Waals surface area contributed by atoms with Gasteiger partial charge in [-0.15, -0.1) is 11.6 Å². The monoisotopic (exact) mass is 214 g/mol. The molecule has 0 bridgehead atoms. The van der Waals surface area contributed by atoms with Gasteiger partial charge in [-0.25, -0.2) is 4.98 Å². The van der Waals surface area contributed by atoms with Crippen LogP contribution in [0.5, 0.6) is 0 Å². The van der Waals surface area contributed by atoms with Gasteiger partial charge < -0.3 is 9.72 Å². The highest BCUT2D eigenvalue weighted by Crippen LogP contribution is 2.40. The first-order valence-electron chi connectivity index (χ1n) is 4.96. The number of nitrogens with zero attached hydrogens (tertiary/aromatic N) is 1. The van der Waals surface area contributed by atoms with E-state index in [1.807, 2.05) is 0 Å². The van der Waals surface area contributed by atoms with Crippen LogP contribution in [0, 0.1) is 0 Å². The summed E-state index contributed by atoms with van der Waals surface area (Å²) in [7, 11) is 1.76. The second-order valence-electron chi connectivity index (χ2n) is 3.80. The zero-order valence-corrected chi connectivity index (χ0v) is 9.10. The summed E-state index contributed by atoms with van der Waals surface area (Å²) in [6.45, 7) is 0. The Morgan fingerprint density at radius 2 is 2.29 bits per heavy atom. The van der Waals surface area contributed by atoms with Crippen LogP contribution in [0.4, 0.5) is 0 Å². The van der Waals surface area contributed by atoms with Crippen molar-refractivity contribution in [3.63, 3.8) is 0 Å². The second kappa shape index (κ2) is 3.91. The zero-order valence-electron chi connectivity index (χ0n) is 8.35. The molecule has 0 aliphatic heterocycles. The van der Waals surface area contributed by atoms with Crippen molar-refractivity contribution in [3.05, 3.63) is 17.7 Å². The topological polar surface area (TPSA) is 37.9 Å². The molecule has 0 amide bonds. The molecule has 1 saturated carbocycles. The average Bonchev–Trinajstić information content (AvgIpc) is 2.87. The number of H-pyrrole nitrogens is 1. The lowest BCUT2D eigenvalue weighted by Gasteiger charge is -2.24. The van der Waals surface area contributed by atoms with Crippen molar-refractivity contribution in [2.75, 3.05) is 7.11 Å². The Labute approximate surface area is 88.8 Å². The number of hydrogen-bond donors (Lipinski definition) is 1. The zero-order chi connectivity index (χ0) is 10.0. The molecule has 0 saturated heterocycles. The number of alkyl halides is 1. The summed E-state index contributed by atoms with van der Waals surface area (Å²) in [5, 5.41) is 0. The van der Waals surface area contributed by atoms with Crippen molar-refractivity contribution in [1.82, 2.24) is 9.97 Å². The van der Waals surface area contributed by atoms with E-state index < -0.39 is 0 Å². The molecule has 1 N–H and O–H groups in total. The minimum atomic E-state index is -0.176. The van der Waals surface area contributed by atoms with Crippen LogP contribution >= 0.6 is 11.6 Å². The summed E-state index contributed by atoms with van der Waals surface area (Å²) in [6.07, 6.45) is 6.33. The number of rotatable bonds is 3. The van der Waals surface area contributed by atoms with Gasteiger partial charge in [-0.1, -0.05) is 0 Å². The molecule has 1 aliphatic rings. The molecular formula is C10H15ClN2O. The summed E-state index contributed by atoms with van der Waals surface area (Å²) in [5.74, 6) is 1.42. The lowest BCUT2D eigenvalue weighted by atomic mass is 10.0. The first kappa shape index (κ1) is 9.99. The highest BCUT2D eigenvalue weighted by molar-refractivity contribution is 6.16. The molecule has 78 valence electrons. The first-order valence-corrected chi connectivity index (χ1v) is 5.50. The Kier molecular flexibility index (Phi) is 2.79. The van der Waals surface area contributed by atoms with E-state index >= 15 is 0 Å². The predicted octanol–water partition coefficient (Wildman–Crippen LogP) is 2.56. The third-order valence-corrected chi connectivity index (χ3v) is 3.29. The molecule has 4 heteroatoms. The minimum Gasteiger partial charge on any atom is -0.370 e. The van der Waals surface area contributed by atoms with Crippen LogP contribution in [0.2, 0.25) is 0 Å². The number of hydrogen-bond acceptors (Lipinski definition) is 2. The van der Waals surface area contributed by atoms with Crippen LogP contribution in [-0.4, -0.2) is 17.1 Å². The molecular weight excluding hydrogens is 200 g/mol. The van der Waals surface area contributed by atoms with Crippen LogP contribution in [0.1, 0.15) is 37.2 Å². The normalized spacial score (nSPS) is 20.1. The van der Waals surface area contributed by atoms with E-state index in [0.717, 1.165) is 24.4 Å². The third-order valence-electron chi connectivity index (χ3n) is 3.01. The minimum absolute atomic E-state index is 0.176. The first-order chi connectivity index (χ1) is 6.80. The highest BCUT2D eigenvalue weighted by Gasteiger charge is 2.38. The molecule has 0 atom stereocenters. The van der Waals surface area contributed by atoms with Gasteiger partial charge in [0.25, 0.3) is 0 Å². The van der Waals surface area contributed by atoms with Gasteiger partial charge in [0.05, 0.1) is 5.88 Å². The van der Waals surface area contributed by atoms with E-state index in [-0.39, 0.29) is 5.60 Å². The van der Waals surface area contributed by atoms with Crippen LogP contribution in [0.15, 0.2) is 6.20 Å². The highest BCUT2D eigenvalue weighted by atomic mass is 35.5. The summed E-state index contributed by atoms with van der Waals surface area (Å²) in [5.41, 5.74) is 0.787. The number of imidazole rings is 1. The van der Waals surface area contributed by atoms with Crippen LogP contribution in [0.25, 0.3) is 0 Å². The fourth-order valence-corrected chi connectivity index (χ4v) is 2.28. The Morgan fingerprint density at radius 3 is 2.79 bits per heavy atom. The van der Waals surface area contributed by atoms with Gasteiger partial charge in [-0.05, 0) is 25.7 Å². The number of halogens is 1. The number of ether oxygens (including phenoxy) is 1. The predicted molar refractivity (Wildman–Crippen MR) is 55.3 cm³/mol. The lowest BCUT2D eigenvalue weighted by Crippen LogP contribution is -2.25. The Bertz CT molecular complexity index is 305. The SMILES string of the molecule is COC1(c2ncc(CCl)[nH]2)CCCC1. The number of aromatic nitrogens is 2. The van der Waals surface area contributed by atoms with E-state index in [1.54, 1.807) is 13.3 Å². The van der Waals surface area contributed by atoms with Crippen LogP contribution in [-0.2, 0) is 16.2 Å². The number of methoxy groups -OCH3 is 1. The van der Waals surface area contributed by atoms with E-state index in [9.17, 15) is 0 Å². The molecule has 1 aromatic heterocycles. The van der Waals surface area contributed by atoms with Crippen LogP contribution in [0.3, 0.4) is 0 Å². The van der Waals surface area contributed by atoms with Crippen molar-refractivity contribution >= 4 is 11.6 Å². The van der Waals surface area contributed by atoms with E-state index in [2.05, 4.69) is 9.97 Å². The van der Waals surface area contributed by atoms with Crippen molar-refractivity contribution in [1.29, 1.82) is 0 Å². The average molecular weight is 215 g/mol. The fraction of sp³-hybridized carbons (Fsp3) is 0.700. The standard InChI is InChI=1S/C10H15ClN2O/c1-14-10(4-2-3-5-10)9-12-7-8(6-11)13-9/h7H,2-6H2,1H3,(H,12,13). The molecule has 0 spiro atoms. The summed E-state index contributed by atoms with van der Waals surface area (Å²) in [6, 6.07) is 0. The summed E-state index contributed by atoms with van der Waals surface area (Å²) in [4.78, 5) is 7.58. The molecule has 1 fully saturated rings. The maximum absolute atomic E-state index is 5.72. The quantitative estimate of drug-likeness (QED) is 0.786. The molecule has 0 radical (unpaired) electrons. The second-order valence-corrected chi connectivity index (χ2v) is 4.06. The van der Waals surface area contributed by atoms with Crippen molar-refractivity contribution in [3.8, 4) is 0 Å². The van der Waals surface area contributed by atoms with Gasteiger partial charge in [0.2, 0.25) is 0 Å². The van der Waals surface area contributed by atoms with Crippen molar-refractivity contribution in [2.45, 2.75) is 37.2 Å². The molecule has 1 heterocycles. The van der Waals surface area contributed by atoms with Crippen molar-refractivity contribution < 1.29 is 4.74 Å². The number of aromatic amines is 1. The molecule has 2 rings (SSSR count). The largest absolute Gasteiger partial charge is 0.370 e. The fourth-order valence-electron chi connectivity index (χ4n) is 2.14. The van der Waals surface area contributed by atoms with E-state index in [1.165, 1.54) is 12.8 Å². The van der Waals surface area contributed by atoms with Gasteiger partial charge in [0, 0.05) is 19.0 Å². The maximum atomic E-state index is 5.72. The smallest absolute Gasteiger partial charge is 0.138 e. The van der Waals surface area contributed by atoms with Gasteiger partial charge in [-0.2, -0.15) is 0 Å². The Balaban J connectivity index is 2.26.